The van der Waals surface area contributed by atoms with Crippen LogP contribution in [0, 0.1) is 0 Å². The highest BCUT2D eigenvalue weighted by Gasteiger charge is 2.16. The molecule has 0 aliphatic carbocycles. The van der Waals surface area contributed by atoms with Crippen LogP contribution in [0.4, 0.5) is 5.69 Å². The first-order valence-corrected chi connectivity index (χ1v) is 9.11. The topological polar surface area (TPSA) is 67.6 Å². The molecule has 0 radical (unpaired) electrons. The van der Waals surface area contributed by atoms with Crippen molar-refractivity contribution in [2.45, 2.75) is 32.5 Å². The molecule has 1 aliphatic rings. The van der Waals surface area contributed by atoms with Gasteiger partial charge in [0.05, 0.1) is 19.1 Å². The van der Waals surface area contributed by atoms with Gasteiger partial charge in [0.2, 0.25) is 5.91 Å². The molecule has 5 heteroatoms. The Bertz CT molecular complexity index is 730. The lowest BCUT2D eigenvalue weighted by molar-refractivity contribution is -0.120. The van der Waals surface area contributed by atoms with E-state index in [1.807, 2.05) is 24.3 Å². The number of hydrogen-bond donors (Lipinski definition) is 2. The molecule has 1 amide bonds. The number of hydrogen-bond acceptors (Lipinski definition) is 4. The van der Waals surface area contributed by atoms with Crippen molar-refractivity contribution < 1.29 is 9.53 Å². The van der Waals surface area contributed by atoms with E-state index in [0.717, 1.165) is 37.4 Å². The minimum atomic E-state index is 0.0159. The summed E-state index contributed by atoms with van der Waals surface area (Å²) in [5.41, 5.74) is 9.73. The smallest absolute Gasteiger partial charge is 0.224 e. The number of amides is 1. The Morgan fingerprint density at radius 1 is 1.19 bits per heavy atom. The van der Waals surface area contributed by atoms with Crippen LogP contribution in [0.25, 0.3) is 0 Å². The summed E-state index contributed by atoms with van der Waals surface area (Å²) >= 11 is 0. The molecule has 0 saturated carbocycles. The van der Waals surface area contributed by atoms with Crippen molar-refractivity contribution in [1.82, 2.24) is 10.2 Å². The number of rotatable bonds is 6. The van der Waals surface area contributed by atoms with Crippen molar-refractivity contribution in [2.75, 3.05) is 25.4 Å². The quantitative estimate of drug-likeness (QED) is 0.783. The summed E-state index contributed by atoms with van der Waals surface area (Å²) in [5.74, 6) is 0.0159. The van der Waals surface area contributed by atoms with E-state index in [-0.39, 0.29) is 5.91 Å². The van der Waals surface area contributed by atoms with Gasteiger partial charge in [0.15, 0.2) is 0 Å². The number of nitrogens with one attached hydrogen (secondary N) is 1. The molecular weight excluding hydrogens is 326 g/mol. The van der Waals surface area contributed by atoms with Crippen molar-refractivity contribution in [1.29, 1.82) is 0 Å². The molecule has 1 atom stereocenters. The van der Waals surface area contributed by atoms with E-state index in [9.17, 15) is 4.79 Å². The third-order valence-corrected chi connectivity index (χ3v) is 4.56. The van der Waals surface area contributed by atoms with Crippen molar-refractivity contribution in [2.24, 2.45) is 0 Å². The average molecular weight is 353 g/mol. The Morgan fingerprint density at radius 3 is 2.73 bits per heavy atom. The van der Waals surface area contributed by atoms with E-state index in [0.29, 0.717) is 24.8 Å². The molecule has 2 aromatic rings. The van der Waals surface area contributed by atoms with Gasteiger partial charge in [-0.05, 0) is 35.7 Å². The van der Waals surface area contributed by atoms with E-state index >= 15 is 0 Å². The molecule has 138 valence electrons. The minimum Gasteiger partial charge on any atom is -0.399 e. The molecule has 1 aliphatic heterocycles. The molecule has 1 saturated heterocycles. The van der Waals surface area contributed by atoms with Crippen LogP contribution < -0.4 is 11.1 Å². The van der Waals surface area contributed by atoms with E-state index < -0.39 is 0 Å². The van der Waals surface area contributed by atoms with Crippen LogP contribution in [0.15, 0.2) is 48.5 Å². The zero-order chi connectivity index (χ0) is 18.4. The molecular formula is C21H27N3O2. The summed E-state index contributed by atoms with van der Waals surface area (Å²) in [4.78, 5) is 14.6. The van der Waals surface area contributed by atoms with Crippen LogP contribution in [0.3, 0.4) is 0 Å². The zero-order valence-electron chi connectivity index (χ0n) is 15.3. The van der Waals surface area contributed by atoms with Gasteiger partial charge in [-0.15, -0.1) is 0 Å². The van der Waals surface area contributed by atoms with Gasteiger partial charge in [-0.25, -0.2) is 0 Å². The molecule has 0 bridgehead atoms. The maximum atomic E-state index is 12.1. The predicted molar refractivity (Wildman–Crippen MR) is 104 cm³/mol. The van der Waals surface area contributed by atoms with Gasteiger partial charge in [0.25, 0.3) is 0 Å². The summed E-state index contributed by atoms with van der Waals surface area (Å²) in [6, 6.07) is 15.8. The maximum absolute atomic E-state index is 12.1. The normalized spacial score (nSPS) is 17.8. The van der Waals surface area contributed by atoms with Gasteiger partial charge in [-0.2, -0.15) is 0 Å². The van der Waals surface area contributed by atoms with Crippen LogP contribution >= 0.6 is 0 Å². The number of anilines is 1. The standard InChI is InChI=1S/C21H27N3O2/c1-16-14-24(9-10-26-16)15-19-4-2-3-18(11-19)13-23-21(25)12-17-5-7-20(22)8-6-17/h2-8,11,16H,9-10,12-15,22H2,1H3,(H,23,25). The average Bonchev–Trinajstić information content (AvgIpc) is 2.62. The molecule has 0 spiro atoms. The number of ether oxygens (including phenoxy) is 1. The molecule has 2 aromatic carbocycles. The highest BCUT2D eigenvalue weighted by molar-refractivity contribution is 5.78. The Hall–Kier alpha value is -2.37. The van der Waals surface area contributed by atoms with Crippen LogP contribution in [-0.4, -0.2) is 36.6 Å². The number of carbonyl (C=O) groups excluding carboxylic acids is 1. The first-order valence-electron chi connectivity index (χ1n) is 9.11. The van der Waals surface area contributed by atoms with Crippen LogP contribution in [0.5, 0.6) is 0 Å². The lowest BCUT2D eigenvalue weighted by Crippen LogP contribution is -2.40. The maximum Gasteiger partial charge on any atom is 0.224 e. The fraction of sp³-hybridized carbons (Fsp3) is 0.381. The first-order chi connectivity index (χ1) is 12.6. The molecule has 1 heterocycles. The highest BCUT2D eigenvalue weighted by Crippen LogP contribution is 2.12. The number of nitrogens with two attached hydrogens (primary N) is 1. The molecule has 1 fully saturated rings. The number of nitrogens with zero attached hydrogens (tertiary/aromatic N) is 1. The highest BCUT2D eigenvalue weighted by atomic mass is 16.5. The van der Waals surface area contributed by atoms with Crippen LogP contribution in [0.1, 0.15) is 23.6 Å². The van der Waals surface area contributed by atoms with Gasteiger partial charge in [-0.1, -0.05) is 36.4 Å². The van der Waals surface area contributed by atoms with Gasteiger partial charge in [0, 0.05) is 31.9 Å². The fourth-order valence-corrected chi connectivity index (χ4v) is 3.21. The first kappa shape index (κ1) is 18.4. The third kappa shape index (κ3) is 5.58. The van der Waals surface area contributed by atoms with E-state index in [2.05, 4.69) is 41.4 Å². The third-order valence-electron chi connectivity index (χ3n) is 4.56. The molecule has 5 nitrogen and oxygen atoms in total. The molecule has 3 rings (SSSR count). The molecule has 3 N–H and O–H groups in total. The number of carbonyl (C=O) groups is 1. The van der Waals surface area contributed by atoms with Crippen LogP contribution in [-0.2, 0) is 29.0 Å². The summed E-state index contributed by atoms with van der Waals surface area (Å²) < 4.78 is 5.59. The van der Waals surface area contributed by atoms with Gasteiger partial charge >= 0.3 is 0 Å². The number of benzene rings is 2. The van der Waals surface area contributed by atoms with Crippen molar-refractivity contribution in [3.8, 4) is 0 Å². The van der Waals surface area contributed by atoms with Crippen LogP contribution in [0.2, 0.25) is 0 Å². The lowest BCUT2D eigenvalue weighted by atomic mass is 10.1. The second-order valence-electron chi connectivity index (χ2n) is 6.93. The molecule has 0 aromatic heterocycles. The molecule has 1 unspecified atom stereocenters. The Labute approximate surface area is 155 Å². The summed E-state index contributed by atoms with van der Waals surface area (Å²) in [6.45, 7) is 6.29. The summed E-state index contributed by atoms with van der Waals surface area (Å²) in [5, 5.41) is 3.00. The fourth-order valence-electron chi connectivity index (χ4n) is 3.21. The minimum absolute atomic E-state index is 0.0159. The Balaban J connectivity index is 1.50. The van der Waals surface area contributed by atoms with Crippen molar-refractivity contribution in [3.63, 3.8) is 0 Å². The second kappa shape index (κ2) is 8.83. The van der Waals surface area contributed by atoms with Gasteiger partial charge < -0.3 is 15.8 Å². The number of morpholine rings is 1. The van der Waals surface area contributed by atoms with Gasteiger partial charge in [-0.3, -0.25) is 9.69 Å². The van der Waals surface area contributed by atoms with E-state index in [1.165, 1.54) is 5.56 Å². The van der Waals surface area contributed by atoms with E-state index in [4.69, 9.17) is 10.5 Å². The SMILES string of the molecule is CC1CN(Cc2cccc(CNC(=O)Cc3ccc(N)cc3)c2)CCO1. The summed E-state index contributed by atoms with van der Waals surface area (Å²) in [6.07, 6.45) is 0.658. The second-order valence-corrected chi connectivity index (χ2v) is 6.93. The molecule has 26 heavy (non-hydrogen) atoms. The predicted octanol–water partition coefficient (Wildman–Crippen LogP) is 2.35. The number of nitrogen functional groups attached to an aromatic ring is 1. The lowest BCUT2D eigenvalue weighted by Gasteiger charge is -2.31. The van der Waals surface area contributed by atoms with Crippen molar-refractivity contribution in [3.05, 3.63) is 65.2 Å². The van der Waals surface area contributed by atoms with Gasteiger partial charge in [0.1, 0.15) is 0 Å². The summed E-state index contributed by atoms with van der Waals surface area (Å²) in [7, 11) is 0. The monoisotopic (exact) mass is 353 g/mol. The Kier molecular flexibility index (Phi) is 6.26. The zero-order valence-corrected chi connectivity index (χ0v) is 15.3. The van der Waals surface area contributed by atoms with Crippen molar-refractivity contribution >= 4 is 11.6 Å². The Morgan fingerprint density at radius 2 is 1.96 bits per heavy atom. The van der Waals surface area contributed by atoms with E-state index in [1.54, 1.807) is 0 Å². The largest absolute Gasteiger partial charge is 0.399 e.